The van der Waals surface area contributed by atoms with Crippen molar-refractivity contribution < 1.29 is 4.92 Å². The molecule has 1 aromatic carbocycles. The first-order valence-corrected chi connectivity index (χ1v) is 9.77. The molecule has 0 atom stereocenters. The number of nitrogens with zero attached hydrogens (tertiary/aromatic N) is 7. The van der Waals surface area contributed by atoms with E-state index in [2.05, 4.69) is 30.7 Å². The van der Waals surface area contributed by atoms with Crippen LogP contribution in [0.15, 0.2) is 30.6 Å². The van der Waals surface area contributed by atoms with Gasteiger partial charge >= 0.3 is 0 Å². The van der Waals surface area contributed by atoms with Gasteiger partial charge in [-0.25, -0.2) is 4.98 Å². The highest BCUT2D eigenvalue weighted by Crippen LogP contribution is 2.39. The fourth-order valence-electron chi connectivity index (χ4n) is 4.11. The molecule has 2 aromatic heterocycles. The number of rotatable bonds is 4. The van der Waals surface area contributed by atoms with Crippen molar-refractivity contribution in [1.82, 2.24) is 19.7 Å². The molecule has 29 heavy (non-hydrogen) atoms. The van der Waals surface area contributed by atoms with Crippen LogP contribution in [-0.2, 0) is 0 Å². The second-order valence-electron chi connectivity index (χ2n) is 7.69. The number of pyridine rings is 1. The van der Waals surface area contributed by atoms with Crippen molar-refractivity contribution in [3.63, 3.8) is 0 Å². The first-order valence-electron chi connectivity index (χ1n) is 9.77. The Hall–Kier alpha value is -3.54. The topological polar surface area (TPSA) is 114 Å². The van der Waals surface area contributed by atoms with Gasteiger partial charge in [-0.05, 0) is 37.8 Å². The fourth-order valence-corrected chi connectivity index (χ4v) is 4.11. The van der Waals surface area contributed by atoms with Crippen LogP contribution in [-0.4, -0.2) is 37.8 Å². The molecule has 3 heterocycles. The molecule has 2 aliphatic rings. The summed E-state index contributed by atoms with van der Waals surface area (Å²) in [4.78, 5) is 17.4. The number of aromatic nitrogens is 4. The van der Waals surface area contributed by atoms with Gasteiger partial charge in [-0.1, -0.05) is 0 Å². The Bertz CT molecular complexity index is 1140. The maximum absolute atomic E-state index is 11.0. The van der Waals surface area contributed by atoms with Gasteiger partial charge in [-0.3, -0.25) is 10.1 Å². The predicted molar refractivity (Wildman–Crippen MR) is 106 cm³/mol. The number of hydrogen-bond acceptors (Lipinski definition) is 7. The van der Waals surface area contributed by atoms with Crippen molar-refractivity contribution in [3.05, 3.63) is 52.1 Å². The number of non-ortho nitro benzene ring substituents is 1. The molecule has 0 N–H and O–H groups in total. The molecular formula is C20H19N7O2. The molecule has 1 aliphatic heterocycles. The number of nitro groups is 1. The standard InChI is InChI=1S/C20H19N7O2/c21-11-14-9-19(23-18-4-3-16(27(28)29)10-17(14)18)25-7-5-13(6-8-25)20-24-22-12-26(20)15-1-2-15/h3-4,9-10,12-13,15H,1-2,5-8H2. The fraction of sp³-hybridized carbons (Fsp3) is 0.400. The first kappa shape index (κ1) is 17.6. The summed E-state index contributed by atoms with van der Waals surface area (Å²) < 4.78 is 2.23. The van der Waals surface area contributed by atoms with Crippen LogP contribution in [0.4, 0.5) is 11.5 Å². The number of anilines is 1. The van der Waals surface area contributed by atoms with Crippen LogP contribution in [0.1, 0.15) is 49.0 Å². The largest absolute Gasteiger partial charge is 0.357 e. The van der Waals surface area contributed by atoms with Crippen molar-refractivity contribution in [3.8, 4) is 6.07 Å². The van der Waals surface area contributed by atoms with Gasteiger partial charge < -0.3 is 9.47 Å². The Kier molecular flexibility index (Phi) is 4.12. The predicted octanol–water partition coefficient (Wildman–Crippen LogP) is 3.33. The molecule has 0 radical (unpaired) electrons. The van der Waals surface area contributed by atoms with Crippen LogP contribution in [0.2, 0.25) is 0 Å². The number of piperidine rings is 1. The van der Waals surface area contributed by atoms with Gasteiger partial charge in [-0.15, -0.1) is 10.2 Å². The molecular weight excluding hydrogens is 370 g/mol. The van der Waals surface area contributed by atoms with Crippen LogP contribution in [0, 0.1) is 21.4 Å². The quantitative estimate of drug-likeness (QED) is 0.496. The van der Waals surface area contributed by atoms with Crippen LogP contribution >= 0.6 is 0 Å². The van der Waals surface area contributed by atoms with E-state index in [9.17, 15) is 15.4 Å². The Labute approximate surface area is 166 Å². The highest BCUT2D eigenvalue weighted by Gasteiger charge is 2.31. The van der Waals surface area contributed by atoms with E-state index in [4.69, 9.17) is 0 Å². The Morgan fingerprint density at radius 1 is 1.17 bits per heavy atom. The minimum absolute atomic E-state index is 0.0378. The number of nitro benzene ring substituents is 1. The Morgan fingerprint density at radius 3 is 2.66 bits per heavy atom. The maximum Gasteiger partial charge on any atom is 0.270 e. The van der Waals surface area contributed by atoms with E-state index in [0.29, 0.717) is 28.4 Å². The summed E-state index contributed by atoms with van der Waals surface area (Å²) in [7, 11) is 0. The molecule has 5 rings (SSSR count). The van der Waals surface area contributed by atoms with Crippen molar-refractivity contribution in [1.29, 1.82) is 5.26 Å². The highest BCUT2D eigenvalue weighted by atomic mass is 16.6. The maximum atomic E-state index is 11.0. The normalized spacial score (nSPS) is 17.4. The lowest BCUT2D eigenvalue weighted by Gasteiger charge is -2.32. The average molecular weight is 389 g/mol. The van der Waals surface area contributed by atoms with Crippen molar-refractivity contribution in [2.75, 3.05) is 18.0 Å². The summed E-state index contributed by atoms with van der Waals surface area (Å²) in [6.45, 7) is 1.64. The zero-order valence-electron chi connectivity index (χ0n) is 15.7. The summed E-state index contributed by atoms with van der Waals surface area (Å²) in [5.41, 5.74) is 0.966. The smallest absolute Gasteiger partial charge is 0.270 e. The number of nitriles is 1. The SMILES string of the molecule is N#Cc1cc(N2CCC(c3nncn3C3CC3)CC2)nc2ccc([N+](=O)[O-])cc12. The minimum atomic E-state index is -0.459. The van der Waals surface area contributed by atoms with Crippen molar-refractivity contribution in [2.45, 2.75) is 37.6 Å². The van der Waals surface area contributed by atoms with E-state index in [-0.39, 0.29) is 5.69 Å². The summed E-state index contributed by atoms with van der Waals surface area (Å²) in [6.07, 6.45) is 6.17. The number of hydrogen-bond donors (Lipinski definition) is 0. The third-order valence-electron chi connectivity index (χ3n) is 5.84. The first-order chi connectivity index (χ1) is 14.1. The van der Waals surface area contributed by atoms with Crippen LogP contribution in [0.5, 0.6) is 0 Å². The van der Waals surface area contributed by atoms with Crippen LogP contribution in [0.25, 0.3) is 10.9 Å². The molecule has 146 valence electrons. The van der Waals surface area contributed by atoms with Crippen LogP contribution in [0.3, 0.4) is 0 Å². The molecule has 1 saturated heterocycles. The summed E-state index contributed by atoms with van der Waals surface area (Å²) in [5.74, 6) is 2.21. The van der Waals surface area contributed by atoms with E-state index in [1.807, 2.05) is 6.33 Å². The lowest BCUT2D eigenvalue weighted by atomic mass is 9.95. The van der Waals surface area contributed by atoms with E-state index in [1.54, 1.807) is 12.1 Å². The second kappa shape index (κ2) is 6.81. The highest BCUT2D eigenvalue weighted by molar-refractivity contribution is 5.88. The van der Waals surface area contributed by atoms with E-state index < -0.39 is 4.92 Å². The zero-order chi connectivity index (χ0) is 20.0. The van der Waals surface area contributed by atoms with E-state index >= 15 is 0 Å². The van der Waals surface area contributed by atoms with Gasteiger partial charge in [0.2, 0.25) is 0 Å². The molecule has 0 unspecified atom stereocenters. The molecule has 2 fully saturated rings. The van der Waals surface area contributed by atoms with Gasteiger partial charge in [0, 0.05) is 42.6 Å². The summed E-state index contributed by atoms with van der Waals surface area (Å²) in [5, 5.41) is 29.6. The van der Waals surface area contributed by atoms with Gasteiger partial charge in [-0.2, -0.15) is 5.26 Å². The second-order valence-corrected chi connectivity index (χ2v) is 7.69. The lowest BCUT2D eigenvalue weighted by molar-refractivity contribution is -0.384. The molecule has 9 heteroatoms. The van der Waals surface area contributed by atoms with Gasteiger partial charge in [0.15, 0.2) is 0 Å². The molecule has 1 aliphatic carbocycles. The monoisotopic (exact) mass is 389 g/mol. The van der Waals surface area contributed by atoms with E-state index in [1.165, 1.54) is 25.0 Å². The number of benzene rings is 1. The summed E-state index contributed by atoms with van der Waals surface area (Å²) in [6, 6.07) is 8.93. The molecule has 1 saturated carbocycles. The third kappa shape index (κ3) is 3.16. The van der Waals surface area contributed by atoms with Crippen molar-refractivity contribution in [2.24, 2.45) is 0 Å². The minimum Gasteiger partial charge on any atom is -0.357 e. The van der Waals surface area contributed by atoms with Gasteiger partial charge in [0.25, 0.3) is 5.69 Å². The van der Waals surface area contributed by atoms with E-state index in [0.717, 1.165) is 37.6 Å². The molecule has 0 amide bonds. The Morgan fingerprint density at radius 2 is 1.97 bits per heavy atom. The van der Waals surface area contributed by atoms with Crippen LogP contribution < -0.4 is 4.90 Å². The van der Waals surface area contributed by atoms with Gasteiger partial charge in [0.05, 0.1) is 22.1 Å². The molecule has 0 bridgehead atoms. The number of fused-ring (bicyclic) bond motifs is 1. The molecule has 3 aromatic rings. The average Bonchev–Trinajstić information content (AvgIpc) is 3.48. The third-order valence-corrected chi connectivity index (χ3v) is 5.84. The molecule has 9 nitrogen and oxygen atoms in total. The molecule has 0 spiro atoms. The Balaban J connectivity index is 1.39. The van der Waals surface area contributed by atoms with Crippen molar-refractivity contribution >= 4 is 22.4 Å². The van der Waals surface area contributed by atoms with Gasteiger partial charge in [0.1, 0.15) is 18.0 Å². The summed E-state index contributed by atoms with van der Waals surface area (Å²) >= 11 is 0. The lowest BCUT2D eigenvalue weighted by Crippen LogP contribution is -2.34. The zero-order valence-corrected chi connectivity index (χ0v) is 15.7.